The molecule has 1 unspecified atom stereocenters. The van der Waals surface area contributed by atoms with Crippen LogP contribution in [0.25, 0.3) is 0 Å². The van der Waals surface area contributed by atoms with Crippen molar-refractivity contribution < 1.29 is 13.2 Å². The first kappa shape index (κ1) is 23.1. The summed E-state index contributed by atoms with van der Waals surface area (Å²) < 4.78 is 28.5. The Morgan fingerprint density at radius 2 is 1.79 bits per heavy atom. The molecular formula is C20H32ClN3O3S. The monoisotopic (exact) mass is 429 g/mol. The molecule has 6 nitrogen and oxygen atoms in total. The highest BCUT2D eigenvalue weighted by Crippen LogP contribution is 2.25. The van der Waals surface area contributed by atoms with E-state index in [1.54, 1.807) is 19.1 Å². The van der Waals surface area contributed by atoms with Gasteiger partial charge in [-0.05, 0) is 63.1 Å². The molecule has 1 saturated heterocycles. The quantitative estimate of drug-likeness (QED) is 0.752. The molecular weight excluding hydrogens is 398 g/mol. The molecule has 0 bridgehead atoms. The fourth-order valence-electron chi connectivity index (χ4n) is 4.16. The predicted octanol–water partition coefficient (Wildman–Crippen LogP) is 2.84. The number of amides is 1. The van der Waals surface area contributed by atoms with Gasteiger partial charge in [-0.2, -0.15) is 0 Å². The zero-order valence-electron chi connectivity index (χ0n) is 16.7. The van der Waals surface area contributed by atoms with E-state index in [0.29, 0.717) is 30.1 Å². The molecule has 1 aliphatic carbocycles. The standard InChI is InChI=1S/C20H31N3O3S.ClH/c1-14-7-8-17(20(24)23-11-9-16(10-12-23)15(2)21)13-19(14)27(25,26)22-18-5-3-4-6-18;/h7-8,13,15-16,18,22H,3-6,9-12,21H2,1-2H3;1H. The normalized spacial score (nSPS) is 20.0. The van der Waals surface area contributed by atoms with E-state index >= 15 is 0 Å². The predicted molar refractivity (Wildman–Crippen MR) is 113 cm³/mol. The number of benzene rings is 1. The average molecular weight is 430 g/mol. The SMILES string of the molecule is Cc1ccc(C(=O)N2CCC(C(C)N)CC2)cc1S(=O)(=O)NC1CCCC1.Cl. The fraction of sp³-hybridized carbons (Fsp3) is 0.650. The minimum absolute atomic E-state index is 0. The van der Waals surface area contributed by atoms with Crippen molar-refractivity contribution in [2.75, 3.05) is 13.1 Å². The maximum atomic E-state index is 12.9. The number of aryl methyl sites for hydroxylation is 1. The third kappa shape index (κ3) is 5.26. The second kappa shape index (κ2) is 9.57. The fourth-order valence-corrected chi connectivity index (χ4v) is 5.74. The van der Waals surface area contributed by atoms with E-state index in [-0.39, 0.29) is 35.3 Å². The van der Waals surface area contributed by atoms with E-state index < -0.39 is 10.0 Å². The van der Waals surface area contributed by atoms with Crippen molar-refractivity contribution in [3.05, 3.63) is 29.3 Å². The van der Waals surface area contributed by atoms with Gasteiger partial charge < -0.3 is 10.6 Å². The Hall–Kier alpha value is -1.15. The van der Waals surface area contributed by atoms with E-state index in [1.807, 2.05) is 11.8 Å². The van der Waals surface area contributed by atoms with Crippen LogP contribution in [0.1, 0.15) is 61.4 Å². The lowest BCUT2D eigenvalue weighted by molar-refractivity contribution is 0.0680. The largest absolute Gasteiger partial charge is 0.339 e. The number of hydrogen-bond acceptors (Lipinski definition) is 4. The summed E-state index contributed by atoms with van der Waals surface area (Å²) in [5.74, 6) is 0.342. The van der Waals surface area contributed by atoms with Crippen molar-refractivity contribution in [3.8, 4) is 0 Å². The van der Waals surface area contributed by atoms with Crippen LogP contribution in [0, 0.1) is 12.8 Å². The summed E-state index contributed by atoms with van der Waals surface area (Å²) in [7, 11) is -3.62. The Bertz CT molecular complexity index is 784. The molecule has 1 heterocycles. The van der Waals surface area contributed by atoms with Crippen LogP contribution in [0.5, 0.6) is 0 Å². The molecule has 8 heteroatoms. The molecule has 1 aliphatic heterocycles. The van der Waals surface area contributed by atoms with Crippen LogP contribution < -0.4 is 10.5 Å². The van der Waals surface area contributed by atoms with Crippen LogP contribution in [0.2, 0.25) is 0 Å². The maximum absolute atomic E-state index is 12.9. The molecule has 2 aliphatic rings. The minimum Gasteiger partial charge on any atom is -0.339 e. The number of nitrogens with two attached hydrogens (primary N) is 1. The lowest BCUT2D eigenvalue weighted by Crippen LogP contribution is -2.42. The van der Waals surface area contributed by atoms with E-state index in [2.05, 4.69) is 4.72 Å². The zero-order valence-corrected chi connectivity index (χ0v) is 18.3. The third-order valence-electron chi connectivity index (χ3n) is 5.97. The molecule has 0 aromatic heterocycles. The number of carbonyl (C=O) groups is 1. The van der Waals surface area contributed by atoms with E-state index in [4.69, 9.17) is 5.73 Å². The lowest BCUT2D eigenvalue weighted by atomic mass is 9.90. The number of likely N-dealkylation sites (tertiary alicyclic amines) is 1. The summed E-state index contributed by atoms with van der Waals surface area (Å²) in [6.45, 7) is 5.12. The molecule has 1 saturated carbocycles. The summed E-state index contributed by atoms with van der Waals surface area (Å²) in [4.78, 5) is 14.9. The highest BCUT2D eigenvalue weighted by molar-refractivity contribution is 7.89. The molecule has 1 aromatic rings. The van der Waals surface area contributed by atoms with Crippen LogP contribution in [0.4, 0.5) is 0 Å². The summed E-state index contributed by atoms with van der Waals surface area (Å²) in [6.07, 6.45) is 5.66. The molecule has 158 valence electrons. The van der Waals surface area contributed by atoms with Gasteiger partial charge in [0.1, 0.15) is 0 Å². The number of hydrogen-bond donors (Lipinski definition) is 2. The summed E-state index contributed by atoms with van der Waals surface area (Å²) in [6, 6.07) is 5.13. The second-order valence-electron chi connectivity index (χ2n) is 8.07. The van der Waals surface area contributed by atoms with Crippen LogP contribution in [0.15, 0.2) is 23.1 Å². The van der Waals surface area contributed by atoms with Crippen molar-refractivity contribution in [1.82, 2.24) is 9.62 Å². The van der Waals surface area contributed by atoms with E-state index in [1.165, 1.54) is 6.07 Å². The van der Waals surface area contributed by atoms with Gasteiger partial charge in [-0.15, -0.1) is 12.4 Å². The highest BCUT2D eigenvalue weighted by Gasteiger charge is 2.28. The average Bonchev–Trinajstić information content (AvgIpc) is 3.13. The summed E-state index contributed by atoms with van der Waals surface area (Å²) in [5.41, 5.74) is 7.07. The molecule has 2 fully saturated rings. The highest BCUT2D eigenvalue weighted by atomic mass is 35.5. The molecule has 3 N–H and O–H groups in total. The second-order valence-corrected chi connectivity index (χ2v) is 9.75. The van der Waals surface area contributed by atoms with Gasteiger partial charge in [-0.1, -0.05) is 18.9 Å². The summed E-state index contributed by atoms with van der Waals surface area (Å²) >= 11 is 0. The van der Waals surface area contributed by atoms with Crippen LogP contribution in [-0.2, 0) is 10.0 Å². The molecule has 3 rings (SSSR count). The van der Waals surface area contributed by atoms with Crippen molar-refractivity contribution in [2.24, 2.45) is 11.7 Å². The van der Waals surface area contributed by atoms with Gasteiger partial charge in [0.2, 0.25) is 10.0 Å². The first-order valence-electron chi connectivity index (χ1n) is 9.96. The topological polar surface area (TPSA) is 92.5 Å². The Labute approximate surface area is 174 Å². The molecule has 0 radical (unpaired) electrons. The number of piperidine rings is 1. The number of nitrogens with one attached hydrogen (secondary N) is 1. The number of nitrogens with zero attached hydrogens (tertiary/aromatic N) is 1. The number of halogens is 1. The maximum Gasteiger partial charge on any atom is 0.253 e. The Balaban J connectivity index is 0.00000280. The minimum atomic E-state index is -3.62. The van der Waals surface area contributed by atoms with Gasteiger partial charge >= 0.3 is 0 Å². The molecule has 0 spiro atoms. The Morgan fingerprint density at radius 3 is 2.36 bits per heavy atom. The smallest absolute Gasteiger partial charge is 0.253 e. The number of sulfonamides is 1. The first-order valence-corrected chi connectivity index (χ1v) is 11.4. The van der Waals surface area contributed by atoms with E-state index in [9.17, 15) is 13.2 Å². The van der Waals surface area contributed by atoms with Crippen molar-refractivity contribution in [3.63, 3.8) is 0 Å². The Kier molecular flexibility index (Phi) is 7.90. The van der Waals surface area contributed by atoms with Crippen LogP contribution in [0.3, 0.4) is 0 Å². The Morgan fingerprint density at radius 1 is 1.18 bits per heavy atom. The van der Waals surface area contributed by atoms with E-state index in [0.717, 1.165) is 38.5 Å². The van der Waals surface area contributed by atoms with Crippen molar-refractivity contribution >= 4 is 28.3 Å². The summed E-state index contributed by atoms with van der Waals surface area (Å²) in [5, 5.41) is 0. The molecule has 1 amide bonds. The van der Waals surface area contributed by atoms with Crippen LogP contribution >= 0.6 is 12.4 Å². The van der Waals surface area contributed by atoms with Crippen molar-refractivity contribution in [2.45, 2.75) is 69.4 Å². The van der Waals surface area contributed by atoms with Gasteiger partial charge in [0.25, 0.3) is 5.91 Å². The van der Waals surface area contributed by atoms with Gasteiger partial charge in [-0.3, -0.25) is 4.79 Å². The third-order valence-corrected chi connectivity index (χ3v) is 7.63. The van der Waals surface area contributed by atoms with Crippen LogP contribution in [-0.4, -0.2) is 44.4 Å². The zero-order chi connectivity index (χ0) is 19.6. The number of rotatable bonds is 5. The molecule has 1 atom stereocenters. The van der Waals surface area contributed by atoms with Crippen molar-refractivity contribution in [1.29, 1.82) is 0 Å². The number of carbonyl (C=O) groups excluding carboxylic acids is 1. The van der Waals surface area contributed by atoms with Gasteiger partial charge in [0, 0.05) is 30.7 Å². The first-order chi connectivity index (χ1) is 12.8. The van der Waals surface area contributed by atoms with Gasteiger partial charge in [0.15, 0.2) is 0 Å². The van der Waals surface area contributed by atoms with Gasteiger partial charge in [0.05, 0.1) is 4.90 Å². The molecule has 28 heavy (non-hydrogen) atoms. The lowest BCUT2D eigenvalue weighted by Gasteiger charge is -2.33. The van der Waals surface area contributed by atoms with Gasteiger partial charge in [-0.25, -0.2) is 13.1 Å². The molecule has 1 aromatic carbocycles.